The summed E-state index contributed by atoms with van der Waals surface area (Å²) in [5, 5.41) is 17.5. The number of carbonyl (C=O) groups is 3. The van der Waals surface area contributed by atoms with Gasteiger partial charge in [-0.3, -0.25) is 9.59 Å². The topological polar surface area (TPSA) is 146 Å². The first kappa shape index (κ1) is 28.3. The van der Waals surface area contributed by atoms with Gasteiger partial charge in [0.25, 0.3) is 0 Å². The van der Waals surface area contributed by atoms with E-state index in [4.69, 9.17) is 15.7 Å². The Bertz CT molecular complexity index is 966. The number of amides is 3. The van der Waals surface area contributed by atoms with Gasteiger partial charge in [-0.15, -0.1) is 0 Å². The average molecular weight is 516 g/mol. The van der Waals surface area contributed by atoms with Crippen LogP contribution in [-0.4, -0.2) is 58.1 Å². The lowest BCUT2D eigenvalue weighted by atomic mass is 9.84. The molecular formula is C27H41N5O5. The Morgan fingerprint density at radius 3 is 2.41 bits per heavy atom. The first-order valence-corrected chi connectivity index (χ1v) is 13.2. The van der Waals surface area contributed by atoms with Crippen molar-refractivity contribution < 1.29 is 24.3 Å². The summed E-state index contributed by atoms with van der Waals surface area (Å²) in [6.07, 6.45) is 6.78. The number of nitrogens with zero attached hydrogens (tertiary/aromatic N) is 2. The average Bonchev–Trinajstić information content (AvgIpc) is 3.36. The molecule has 10 heteroatoms. The molecule has 37 heavy (non-hydrogen) atoms. The Hall–Kier alpha value is -3.30. The number of benzene rings is 1. The minimum Gasteiger partial charge on any atom is -0.444 e. The second kappa shape index (κ2) is 12.8. The van der Waals surface area contributed by atoms with Crippen molar-refractivity contribution in [2.45, 2.75) is 96.4 Å². The molecule has 2 unspecified atom stereocenters. The van der Waals surface area contributed by atoms with Gasteiger partial charge in [-0.1, -0.05) is 61.5 Å². The number of rotatable bonds is 8. The van der Waals surface area contributed by atoms with E-state index in [2.05, 4.69) is 15.8 Å². The van der Waals surface area contributed by atoms with Crippen LogP contribution < -0.4 is 16.4 Å². The van der Waals surface area contributed by atoms with Crippen LogP contribution in [0.5, 0.6) is 0 Å². The Morgan fingerprint density at radius 2 is 1.78 bits per heavy atom. The predicted octanol–water partition coefficient (Wildman–Crippen LogP) is 3.25. The van der Waals surface area contributed by atoms with Crippen molar-refractivity contribution in [3.8, 4) is 0 Å². The highest BCUT2D eigenvalue weighted by Gasteiger charge is 2.39. The van der Waals surface area contributed by atoms with Crippen molar-refractivity contribution in [1.82, 2.24) is 15.5 Å². The van der Waals surface area contributed by atoms with Crippen molar-refractivity contribution in [3.05, 3.63) is 35.4 Å². The van der Waals surface area contributed by atoms with Crippen molar-refractivity contribution in [2.24, 2.45) is 16.8 Å². The van der Waals surface area contributed by atoms with Crippen molar-refractivity contribution in [1.29, 1.82) is 0 Å². The highest BCUT2D eigenvalue weighted by atomic mass is 16.6. The lowest BCUT2D eigenvalue weighted by Gasteiger charge is -2.32. The lowest BCUT2D eigenvalue weighted by molar-refractivity contribution is -0.140. The Kier molecular flexibility index (Phi) is 9.77. The lowest BCUT2D eigenvalue weighted by Crippen LogP contribution is -2.54. The molecule has 10 nitrogen and oxygen atoms in total. The number of carbonyl (C=O) groups excluding carboxylic acids is 3. The number of ether oxygens (including phenoxy) is 1. The van der Waals surface area contributed by atoms with Gasteiger partial charge in [0.2, 0.25) is 11.8 Å². The first-order chi connectivity index (χ1) is 17.6. The summed E-state index contributed by atoms with van der Waals surface area (Å²) in [5.74, 6) is -0.0730. The summed E-state index contributed by atoms with van der Waals surface area (Å²) >= 11 is 0. The standard InChI is InChI=1S/C27H41N5O5/c1-27(2,3)37-26(35)30-21(16-18-8-5-4-6-9-18)25(34)32-15-7-10-22(32)24(33)29-17-19-11-13-20(14-12-19)23(28)31-36/h11-14,18,21-22,36H,4-10,15-17H2,1-3H3,(H2,28,31)(H,29,33)(H,30,35). The zero-order valence-corrected chi connectivity index (χ0v) is 22.2. The van der Waals surface area contributed by atoms with E-state index in [0.29, 0.717) is 30.9 Å². The van der Waals surface area contributed by atoms with Gasteiger partial charge >= 0.3 is 6.09 Å². The van der Waals surface area contributed by atoms with Crippen LogP contribution in [0.25, 0.3) is 0 Å². The van der Waals surface area contributed by atoms with Gasteiger partial charge < -0.3 is 31.2 Å². The molecule has 2 aliphatic rings. The number of hydrogen-bond donors (Lipinski definition) is 4. The Labute approximate surface area is 219 Å². The van der Waals surface area contributed by atoms with Crippen LogP contribution >= 0.6 is 0 Å². The number of nitrogens with two attached hydrogens (primary N) is 1. The molecule has 1 aliphatic carbocycles. The highest BCUT2D eigenvalue weighted by Crippen LogP contribution is 2.29. The maximum Gasteiger partial charge on any atom is 0.408 e. The van der Waals surface area contributed by atoms with Gasteiger partial charge in [-0.05, 0) is 51.5 Å². The third kappa shape index (κ3) is 8.36. The van der Waals surface area contributed by atoms with Crippen LogP contribution in [0.2, 0.25) is 0 Å². The number of alkyl carbamates (subject to hydrolysis) is 1. The van der Waals surface area contributed by atoms with E-state index in [1.807, 2.05) is 0 Å². The van der Waals surface area contributed by atoms with E-state index in [0.717, 1.165) is 37.7 Å². The van der Waals surface area contributed by atoms with Crippen LogP contribution in [-0.2, 0) is 20.9 Å². The monoisotopic (exact) mass is 515 g/mol. The van der Waals surface area contributed by atoms with Crippen molar-refractivity contribution in [2.75, 3.05) is 6.54 Å². The molecule has 1 saturated heterocycles. The predicted molar refractivity (Wildman–Crippen MR) is 140 cm³/mol. The fourth-order valence-corrected chi connectivity index (χ4v) is 5.09. The summed E-state index contributed by atoms with van der Waals surface area (Å²) in [7, 11) is 0. The maximum atomic E-state index is 13.7. The van der Waals surface area contributed by atoms with Crippen molar-refractivity contribution >= 4 is 23.7 Å². The largest absolute Gasteiger partial charge is 0.444 e. The smallest absolute Gasteiger partial charge is 0.408 e. The molecule has 1 aliphatic heterocycles. The fourth-order valence-electron chi connectivity index (χ4n) is 5.09. The molecule has 1 heterocycles. The Morgan fingerprint density at radius 1 is 1.11 bits per heavy atom. The minimum absolute atomic E-state index is 0.0125. The van der Waals surface area contributed by atoms with Crippen molar-refractivity contribution in [3.63, 3.8) is 0 Å². The summed E-state index contributed by atoms with van der Waals surface area (Å²) in [6.45, 7) is 6.12. The summed E-state index contributed by atoms with van der Waals surface area (Å²) in [6, 6.07) is 5.68. The molecule has 204 valence electrons. The molecule has 5 N–H and O–H groups in total. The number of amidine groups is 1. The molecule has 2 atom stereocenters. The zero-order chi connectivity index (χ0) is 27.0. The van der Waals surface area contributed by atoms with Crippen LogP contribution in [0, 0.1) is 5.92 Å². The van der Waals surface area contributed by atoms with Gasteiger partial charge in [0.1, 0.15) is 17.7 Å². The van der Waals surface area contributed by atoms with Gasteiger partial charge in [-0.25, -0.2) is 4.79 Å². The fraction of sp³-hybridized carbons (Fsp3) is 0.630. The normalized spacial score (nSPS) is 19.8. The second-order valence-electron chi connectivity index (χ2n) is 11.0. The van der Waals surface area contributed by atoms with E-state index in [-0.39, 0.29) is 24.2 Å². The molecule has 3 rings (SSSR count). The first-order valence-electron chi connectivity index (χ1n) is 13.2. The quantitative estimate of drug-likeness (QED) is 0.181. The van der Waals surface area contributed by atoms with Crippen LogP contribution in [0.1, 0.15) is 83.3 Å². The molecule has 0 spiro atoms. The van der Waals surface area contributed by atoms with E-state index in [1.165, 1.54) is 6.42 Å². The molecule has 1 saturated carbocycles. The highest BCUT2D eigenvalue weighted by molar-refractivity contribution is 5.97. The van der Waals surface area contributed by atoms with Crippen LogP contribution in [0.3, 0.4) is 0 Å². The third-order valence-electron chi connectivity index (χ3n) is 6.95. The van der Waals surface area contributed by atoms with E-state index >= 15 is 0 Å². The maximum absolute atomic E-state index is 13.7. The second-order valence-corrected chi connectivity index (χ2v) is 11.0. The molecule has 0 aromatic heterocycles. The molecule has 1 aromatic carbocycles. The summed E-state index contributed by atoms with van der Waals surface area (Å²) < 4.78 is 5.43. The number of hydrogen-bond acceptors (Lipinski definition) is 6. The molecule has 0 bridgehead atoms. The van der Waals surface area contributed by atoms with Gasteiger partial charge in [0.15, 0.2) is 5.84 Å². The minimum atomic E-state index is -0.724. The number of likely N-dealkylation sites (tertiary alicyclic amines) is 1. The number of oxime groups is 1. The molecular weight excluding hydrogens is 474 g/mol. The molecule has 2 fully saturated rings. The van der Waals surface area contributed by atoms with Gasteiger partial charge in [-0.2, -0.15) is 0 Å². The van der Waals surface area contributed by atoms with Gasteiger partial charge in [0.05, 0.1) is 0 Å². The summed E-state index contributed by atoms with van der Waals surface area (Å²) in [5.41, 5.74) is 6.35. The summed E-state index contributed by atoms with van der Waals surface area (Å²) in [4.78, 5) is 41.0. The van der Waals surface area contributed by atoms with E-state index in [9.17, 15) is 14.4 Å². The molecule has 3 amide bonds. The zero-order valence-electron chi connectivity index (χ0n) is 22.2. The Balaban J connectivity index is 1.65. The van der Waals surface area contributed by atoms with Gasteiger partial charge in [0, 0.05) is 18.7 Å². The molecule has 1 aromatic rings. The van der Waals surface area contributed by atoms with E-state index < -0.39 is 23.8 Å². The van der Waals surface area contributed by atoms with Crippen LogP contribution in [0.15, 0.2) is 29.4 Å². The SMILES string of the molecule is CC(C)(C)OC(=O)NC(CC1CCCCC1)C(=O)N1CCCC1C(=O)NCc1ccc(/C(N)=N/O)cc1. The third-order valence-corrected chi connectivity index (χ3v) is 6.95. The molecule has 0 radical (unpaired) electrons. The van der Waals surface area contributed by atoms with Crippen LogP contribution in [0.4, 0.5) is 4.79 Å². The number of nitrogens with one attached hydrogen (secondary N) is 2. The van der Waals surface area contributed by atoms with E-state index in [1.54, 1.807) is 49.9 Å².